The Bertz CT molecular complexity index is 499. The predicted molar refractivity (Wildman–Crippen MR) is 70.0 cm³/mol. The first kappa shape index (κ1) is 13.8. The maximum absolute atomic E-state index is 10.8. The molecule has 0 radical (unpaired) electrons. The van der Waals surface area contributed by atoms with Gasteiger partial charge in [-0.2, -0.15) is 0 Å². The topological polar surface area (TPSA) is 98.6 Å². The number of non-ortho nitro benzene ring substituents is 1. The Morgan fingerprint density at radius 1 is 1.47 bits per heavy atom. The van der Waals surface area contributed by atoms with Crippen molar-refractivity contribution in [1.29, 1.82) is 0 Å². The van der Waals surface area contributed by atoms with E-state index in [0.717, 1.165) is 0 Å². The van der Waals surface area contributed by atoms with Crippen molar-refractivity contribution in [2.24, 2.45) is 5.73 Å². The number of aliphatic hydroxyl groups excluding tert-OH is 1. The normalized spacial score (nSPS) is 24.4. The van der Waals surface area contributed by atoms with E-state index >= 15 is 0 Å². The quantitative estimate of drug-likeness (QED) is 0.643. The summed E-state index contributed by atoms with van der Waals surface area (Å²) in [6.45, 7) is 3.85. The van der Waals surface area contributed by atoms with Gasteiger partial charge in [-0.05, 0) is 18.9 Å². The number of nitro groups is 1. The van der Waals surface area contributed by atoms with Crippen LogP contribution in [-0.2, 0) is 0 Å². The first-order valence-corrected chi connectivity index (χ1v) is 6.36. The van der Waals surface area contributed by atoms with Crippen LogP contribution >= 0.6 is 0 Å². The molecule has 0 saturated carbocycles. The fourth-order valence-electron chi connectivity index (χ4n) is 2.59. The van der Waals surface area contributed by atoms with Gasteiger partial charge in [0.25, 0.3) is 5.69 Å². The average Bonchev–Trinajstić information content (AvgIpc) is 2.42. The van der Waals surface area contributed by atoms with Crippen LogP contribution in [0.1, 0.15) is 38.3 Å². The Morgan fingerprint density at radius 2 is 2.11 bits per heavy atom. The van der Waals surface area contributed by atoms with Crippen molar-refractivity contribution in [1.82, 2.24) is 0 Å². The molecule has 1 aliphatic rings. The molecule has 1 heterocycles. The molecule has 2 rings (SSSR count). The number of aliphatic hydroxyl groups is 1. The van der Waals surface area contributed by atoms with Gasteiger partial charge in [0.15, 0.2) is 0 Å². The number of benzene rings is 1. The summed E-state index contributed by atoms with van der Waals surface area (Å²) in [5, 5.41) is 21.1. The first-order valence-electron chi connectivity index (χ1n) is 6.36. The number of hydrogen-bond donors (Lipinski definition) is 2. The van der Waals surface area contributed by atoms with Gasteiger partial charge in [0.2, 0.25) is 0 Å². The third-order valence-corrected chi connectivity index (χ3v) is 3.95. The van der Waals surface area contributed by atoms with Crippen molar-refractivity contribution < 1.29 is 14.8 Å². The predicted octanol–water partition coefficient (Wildman–Crippen LogP) is 1.91. The monoisotopic (exact) mass is 266 g/mol. The van der Waals surface area contributed by atoms with Gasteiger partial charge in [0.1, 0.15) is 17.5 Å². The highest BCUT2D eigenvalue weighted by atomic mass is 16.6. The summed E-state index contributed by atoms with van der Waals surface area (Å²) >= 11 is 0. The summed E-state index contributed by atoms with van der Waals surface area (Å²) in [6, 6.07) is 3.64. The third-order valence-electron chi connectivity index (χ3n) is 3.95. The van der Waals surface area contributed by atoms with Gasteiger partial charge < -0.3 is 15.6 Å². The number of rotatable bonds is 3. The number of nitrogens with two attached hydrogens (primary N) is 1. The van der Waals surface area contributed by atoms with Gasteiger partial charge in [-0.25, -0.2) is 0 Å². The van der Waals surface area contributed by atoms with E-state index in [2.05, 4.69) is 0 Å². The molecule has 0 unspecified atom stereocenters. The molecular formula is C13H18N2O4. The van der Waals surface area contributed by atoms with Gasteiger partial charge >= 0.3 is 0 Å². The molecule has 0 aromatic heterocycles. The van der Waals surface area contributed by atoms with E-state index in [0.29, 0.717) is 24.2 Å². The molecule has 6 nitrogen and oxygen atoms in total. The zero-order valence-electron chi connectivity index (χ0n) is 11.0. The lowest BCUT2D eigenvalue weighted by molar-refractivity contribution is -0.385. The highest BCUT2D eigenvalue weighted by Crippen LogP contribution is 2.43. The SMILES string of the molecule is CCC1(CC)Oc2ccc([N+](=O)[O-])cc2[C@@H](N)[C@@H]1O. The lowest BCUT2D eigenvalue weighted by Crippen LogP contribution is -2.54. The summed E-state index contributed by atoms with van der Waals surface area (Å²) in [6.07, 6.45) is 0.362. The number of ether oxygens (including phenoxy) is 1. The van der Waals surface area contributed by atoms with Crippen LogP contribution in [0.15, 0.2) is 18.2 Å². The van der Waals surface area contributed by atoms with E-state index in [-0.39, 0.29) is 5.69 Å². The van der Waals surface area contributed by atoms with Crippen LogP contribution in [0, 0.1) is 10.1 Å². The zero-order valence-corrected chi connectivity index (χ0v) is 11.0. The minimum Gasteiger partial charge on any atom is -0.484 e. The van der Waals surface area contributed by atoms with Crippen molar-refractivity contribution in [3.05, 3.63) is 33.9 Å². The van der Waals surface area contributed by atoms with Crippen LogP contribution in [0.2, 0.25) is 0 Å². The van der Waals surface area contributed by atoms with E-state index in [9.17, 15) is 15.2 Å². The minimum absolute atomic E-state index is 0.0505. The molecule has 1 aromatic carbocycles. The van der Waals surface area contributed by atoms with Gasteiger partial charge in [0, 0.05) is 17.7 Å². The molecule has 1 aliphatic heterocycles. The number of nitrogens with zero attached hydrogens (tertiary/aromatic N) is 1. The Morgan fingerprint density at radius 3 is 2.63 bits per heavy atom. The molecule has 1 aromatic rings. The summed E-state index contributed by atoms with van der Waals surface area (Å²) in [5.41, 5.74) is 5.75. The van der Waals surface area contributed by atoms with Crippen LogP contribution in [0.4, 0.5) is 5.69 Å². The fourth-order valence-corrected chi connectivity index (χ4v) is 2.59. The molecule has 104 valence electrons. The lowest BCUT2D eigenvalue weighted by Gasteiger charge is -2.44. The Labute approximate surface area is 111 Å². The maximum Gasteiger partial charge on any atom is 0.270 e. The van der Waals surface area contributed by atoms with Crippen molar-refractivity contribution in [3.8, 4) is 5.75 Å². The number of fused-ring (bicyclic) bond motifs is 1. The van der Waals surface area contributed by atoms with Crippen LogP contribution in [-0.4, -0.2) is 21.7 Å². The first-order chi connectivity index (χ1) is 8.95. The lowest BCUT2D eigenvalue weighted by atomic mass is 9.81. The van der Waals surface area contributed by atoms with Gasteiger partial charge in [-0.1, -0.05) is 13.8 Å². The molecule has 3 N–H and O–H groups in total. The fraction of sp³-hybridized carbons (Fsp3) is 0.538. The van der Waals surface area contributed by atoms with Crippen molar-refractivity contribution in [2.75, 3.05) is 0 Å². The maximum atomic E-state index is 10.8. The van der Waals surface area contributed by atoms with Crippen molar-refractivity contribution >= 4 is 5.69 Å². The number of nitro benzene ring substituents is 1. The summed E-state index contributed by atoms with van der Waals surface area (Å²) < 4.78 is 5.88. The second kappa shape index (κ2) is 4.79. The average molecular weight is 266 g/mol. The molecule has 0 fully saturated rings. The number of hydrogen-bond acceptors (Lipinski definition) is 5. The highest BCUT2D eigenvalue weighted by Gasteiger charge is 2.46. The second-order valence-corrected chi connectivity index (χ2v) is 4.82. The largest absolute Gasteiger partial charge is 0.484 e. The van der Waals surface area contributed by atoms with Crippen molar-refractivity contribution in [2.45, 2.75) is 44.4 Å². The van der Waals surface area contributed by atoms with Crippen LogP contribution in [0.3, 0.4) is 0 Å². The molecular weight excluding hydrogens is 248 g/mol. The van der Waals surface area contributed by atoms with E-state index in [1.54, 1.807) is 6.07 Å². The highest BCUT2D eigenvalue weighted by molar-refractivity contribution is 5.47. The third kappa shape index (κ3) is 2.06. The van der Waals surface area contributed by atoms with Crippen LogP contribution in [0.25, 0.3) is 0 Å². The van der Waals surface area contributed by atoms with Crippen LogP contribution in [0.5, 0.6) is 5.75 Å². The molecule has 6 heteroatoms. The molecule has 2 atom stereocenters. The van der Waals surface area contributed by atoms with E-state index < -0.39 is 22.7 Å². The molecule has 0 spiro atoms. The van der Waals surface area contributed by atoms with E-state index in [4.69, 9.17) is 10.5 Å². The smallest absolute Gasteiger partial charge is 0.270 e. The van der Waals surface area contributed by atoms with Gasteiger partial charge in [-0.15, -0.1) is 0 Å². The summed E-state index contributed by atoms with van der Waals surface area (Å²) in [4.78, 5) is 10.3. The molecule has 19 heavy (non-hydrogen) atoms. The molecule has 0 amide bonds. The van der Waals surface area contributed by atoms with Crippen molar-refractivity contribution in [3.63, 3.8) is 0 Å². The molecule has 0 aliphatic carbocycles. The zero-order chi connectivity index (χ0) is 14.2. The van der Waals surface area contributed by atoms with E-state index in [1.165, 1.54) is 12.1 Å². The molecule has 0 bridgehead atoms. The standard InChI is InChI=1S/C13H18N2O4/c1-3-13(4-2)12(16)11(14)9-7-8(15(17)18)5-6-10(9)19-13/h5-7,11-12,16H,3-4,14H2,1-2H3/t11-,12+/m1/s1. The second-order valence-electron chi connectivity index (χ2n) is 4.82. The summed E-state index contributed by atoms with van der Waals surface area (Å²) in [5.74, 6) is 0.520. The van der Waals surface area contributed by atoms with Gasteiger partial charge in [0.05, 0.1) is 11.0 Å². The minimum atomic E-state index is -0.878. The summed E-state index contributed by atoms with van der Waals surface area (Å²) in [7, 11) is 0. The van der Waals surface area contributed by atoms with Gasteiger partial charge in [-0.3, -0.25) is 10.1 Å². The Kier molecular flexibility index (Phi) is 3.47. The van der Waals surface area contributed by atoms with Crippen LogP contribution < -0.4 is 10.5 Å². The van der Waals surface area contributed by atoms with E-state index in [1.807, 2.05) is 13.8 Å². The Hall–Kier alpha value is -1.66. The molecule has 0 saturated heterocycles. The Balaban J connectivity index is 2.49.